The summed E-state index contributed by atoms with van der Waals surface area (Å²) in [5, 5.41) is 11.2. The SMILES string of the molecule is CCCOc1cccc(CCN=C(NCC)NC2CCc3ncnn3C2)c1.I. The number of hydrogen-bond donors (Lipinski definition) is 2. The molecule has 0 aliphatic carbocycles. The van der Waals surface area contributed by atoms with E-state index in [2.05, 4.69) is 46.7 Å². The number of aryl methyl sites for hydroxylation is 1. The highest BCUT2D eigenvalue weighted by Crippen LogP contribution is 2.14. The van der Waals surface area contributed by atoms with Crippen molar-refractivity contribution in [2.75, 3.05) is 19.7 Å². The second-order valence-corrected chi connectivity index (χ2v) is 6.74. The Bertz CT molecular complexity index is 748. The van der Waals surface area contributed by atoms with Gasteiger partial charge in [0, 0.05) is 25.6 Å². The Morgan fingerprint density at radius 3 is 3.07 bits per heavy atom. The van der Waals surface area contributed by atoms with Gasteiger partial charge in [0.25, 0.3) is 0 Å². The van der Waals surface area contributed by atoms with Crippen LogP contribution in [0.2, 0.25) is 0 Å². The number of benzene rings is 1. The highest BCUT2D eigenvalue weighted by Gasteiger charge is 2.20. The quantitative estimate of drug-likeness (QED) is 0.333. The van der Waals surface area contributed by atoms with E-state index in [9.17, 15) is 0 Å². The summed E-state index contributed by atoms with van der Waals surface area (Å²) in [5.74, 6) is 2.87. The van der Waals surface area contributed by atoms with Crippen LogP contribution in [0, 0.1) is 0 Å². The fraction of sp³-hybridized carbons (Fsp3) is 0.550. The molecule has 1 aromatic carbocycles. The lowest BCUT2D eigenvalue weighted by molar-refractivity contribution is 0.317. The normalized spacial score (nSPS) is 16.1. The van der Waals surface area contributed by atoms with Gasteiger partial charge in [-0.1, -0.05) is 19.1 Å². The van der Waals surface area contributed by atoms with Crippen molar-refractivity contribution in [1.29, 1.82) is 0 Å². The molecule has 154 valence electrons. The Labute approximate surface area is 184 Å². The van der Waals surface area contributed by atoms with Crippen LogP contribution < -0.4 is 15.4 Å². The predicted octanol–water partition coefficient (Wildman–Crippen LogP) is 2.80. The maximum Gasteiger partial charge on any atom is 0.191 e. The molecule has 1 atom stereocenters. The first-order valence-corrected chi connectivity index (χ1v) is 9.91. The molecule has 2 aromatic rings. The van der Waals surface area contributed by atoms with Gasteiger partial charge >= 0.3 is 0 Å². The largest absolute Gasteiger partial charge is 0.494 e. The Kier molecular flexibility index (Phi) is 9.52. The summed E-state index contributed by atoms with van der Waals surface area (Å²) in [6, 6.07) is 8.62. The number of aliphatic imine (C=N–C) groups is 1. The Balaban J connectivity index is 0.00000280. The molecule has 0 amide bonds. The molecule has 1 aromatic heterocycles. The van der Waals surface area contributed by atoms with Gasteiger partial charge in [0.15, 0.2) is 5.96 Å². The van der Waals surface area contributed by atoms with Crippen molar-refractivity contribution >= 4 is 29.9 Å². The smallest absolute Gasteiger partial charge is 0.191 e. The number of halogens is 1. The zero-order chi connectivity index (χ0) is 18.9. The summed E-state index contributed by atoms with van der Waals surface area (Å²) < 4.78 is 7.69. The third-order valence-corrected chi connectivity index (χ3v) is 4.53. The molecule has 0 bridgehead atoms. The summed E-state index contributed by atoms with van der Waals surface area (Å²) in [4.78, 5) is 9.03. The average Bonchev–Trinajstić information content (AvgIpc) is 3.15. The van der Waals surface area contributed by atoms with Crippen LogP contribution in [0.25, 0.3) is 0 Å². The zero-order valence-electron chi connectivity index (χ0n) is 16.7. The van der Waals surface area contributed by atoms with Crippen molar-refractivity contribution in [2.45, 2.75) is 52.1 Å². The van der Waals surface area contributed by atoms with Crippen LogP contribution in [-0.4, -0.2) is 46.5 Å². The molecular formula is C20H31IN6O. The van der Waals surface area contributed by atoms with Crippen LogP contribution in [0.3, 0.4) is 0 Å². The maximum absolute atomic E-state index is 5.71. The highest BCUT2D eigenvalue weighted by atomic mass is 127. The minimum Gasteiger partial charge on any atom is -0.494 e. The van der Waals surface area contributed by atoms with E-state index in [4.69, 9.17) is 9.73 Å². The van der Waals surface area contributed by atoms with E-state index < -0.39 is 0 Å². The summed E-state index contributed by atoms with van der Waals surface area (Å²) in [5.41, 5.74) is 1.24. The van der Waals surface area contributed by atoms with Gasteiger partial charge in [-0.25, -0.2) is 9.67 Å². The standard InChI is InChI=1S/C20H30N6O.HI/c1-3-12-27-18-7-5-6-16(13-18)10-11-22-20(21-4-2)25-17-8-9-19-23-15-24-26(19)14-17;/h5-7,13,15,17H,3-4,8-12,14H2,1-2H3,(H2,21,22,25);1H. The number of hydrogen-bond acceptors (Lipinski definition) is 4. The molecule has 2 heterocycles. The molecule has 3 rings (SSSR count). The molecule has 1 aliphatic heterocycles. The second-order valence-electron chi connectivity index (χ2n) is 6.74. The number of aromatic nitrogens is 3. The molecule has 1 unspecified atom stereocenters. The summed E-state index contributed by atoms with van der Waals surface area (Å²) in [6.07, 6.45) is 5.53. The van der Waals surface area contributed by atoms with Gasteiger partial charge in [-0.3, -0.25) is 4.99 Å². The molecule has 28 heavy (non-hydrogen) atoms. The van der Waals surface area contributed by atoms with E-state index in [1.54, 1.807) is 6.33 Å². The van der Waals surface area contributed by atoms with Crippen LogP contribution >= 0.6 is 24.0 Å². The molecular weight excluding hydrogens is 467 g/mol. The van der Waals surface area contributed by atoms with Gasteiger partial charge in [-0.2, -0.15) is 5.10 Å². The lowest BCUT2D eigenvalue weighted by atomic mass is 10.1. The van der Waals surface area contributed by atoms with E-state index >= 15 is 0 Å². The molecule has 0 fully saturated rings. The van der Waals surface area contributed by atoms with Crippen LogP contribution in [-0.2, 0) is 19.4 Å². The molecule has 2 N–H and O–H groups in total. The first-order chi connectivity index (χ1) is 13.3. The predicted molar refractivity (Wildman–Crippen MR) is 123 cm³/mol. The fourth-order valence-electron chi connectivity index (χ4n) is 3.18. The number of fused-ring (bicyclic) bond motifs is 1. The Hall–Kier alpha value is -1.84. The van der Waals surface area contributed by atoms with Gasteiger partial charge in [-0.15, -0.1) is 24.0 Å². The van der Waals surface area contributed by atoms with Gasteiger partial charge < -0.3 is 15.4 Å². The Morgan fingerprint density at radius 1 is 1.36 bits per heavy atom. The van der Waals surface area contributed by atoms with E-state index in [0.29, 0.717) is 6.04 Å². The van der Waals surface area contributed by atoms with Crippen LogP contribution in [0.1, 0.15) is 38.1 Å². The number of nitrogens with zero attached hydrogens (tertiary/aromatic N) is 4. The first-order valence-electron chi connectivity index (χ1n) is 9.91. The summed E-state index contributed by atoms with van der Waals surface area (Å²) in [6.45, 7) is 7.36. The second kappa shape index (κ2) is 11.9. The zero-order valence-corrected chi connectivity index (χ0v) is 19.1. The van der Waals surface area contributed by atoms with E-state index in [1.807, 2.05) is 16.8 Å². The van der Waals surface area contributed by atoms with Crippen molar-refractivity contribution in [3.63, 3.8) is 0 Å². The maximum atomic E-state index is 5.71. The van der Waals surface area contributed by atoms with Crippen molar-refractivity contribution in [3.8, 4) is 5.75 Å². The number of rotatable bonds is 8. The van der Waals surface area contributed by atoms with Crippen molar-refractivity contribution < 1.29 is 4.74 Å². The topological polar surface area (TPSA) is 76.4 Å². The van der Waals surface area contributed by atoms with Gasteiger partial charge in [0.05, 0.1) is 13.2 Å². The van der Waals surface area contributed by atoms with Crippen molar-refractivity contribution in [3.05, 3.63) is 42.0 Å². The monoisotopic (exact) mass is 498 g/mol. The van der Waals surface area contributed by atoms with Crippen molar-refractivity contribution in [2.24, 2.45) is 4.99 Å². The lowest BCUT2D eigenvalue weighted by Crippen LogP contribution is -2.47. The molecule has 0 saturated heterocycles. The van der Waals surface area contributed by atoms with Crippen molar-refractivity contribution in [1.82, 2.24) is 25.4 Å². The van der Waals surface area contributed by atoms with Gasteiger partial charge in [-0.05, 0) is 43.9 Å². The number of ether oxygens (including phenoxy) is 1. The molecule has 1 aliphatic rings. The van der Waals surface area contributed by atoms with E-state index in [1.165, 1.54) is 5.56 Å². The van der Waals surface area contributed by atoms with Crippen LogP contribution in [0.4, 0.5) is 0 Å². The lowest BCUT2D eigenvalue weighted by Gasteiger charge is -2.25. The molecule has 0 radical (unpaired) electrons. The van der Waals surface area contributed by atoms with Gasteiger partial charge in [0.1, 0.15) is 17.9 Å². The number of guanidine groups is 1. The summed E-state index contributed by atoms with van der Waals surface area (Å²) in [7, 11) is 0. The third kappa shape index (κ3) is 6.65. The van der Waals surface area contributed by atoms with Crippen LogP contribution in [0.5, 0.6) is 5.75 Å². The highest BCUT2D eigenvalue weighted by molar-refractivity contribution is 14.0. The summed E-state index contributed by atoms with van der Waals surface area (Å²) >= 11 is 0. The first kappa shape index (κ1) is 22.4. The van der Waals surface area contributed by atoms with E-state index in [0.717, 1.165) is 69.5 Å². The Morgan fingerprint density at radius 2 is 2.25 bits per heavy atom. The van der Waals surface area contributed by atoms with Gasteiger partial charge in [0.2, 0.25) is 0 Å². The molecule has 7 nitrogen and oxygen atoms in total. The molecule has 0 spiro atoms. The van der Waals surface area contributed by atoms with Crippen LogP contribution in [0.15, 0.2) is 35.6 Å². The van der Waals surface area contributed by atoms with E-state index in [-0.39, 0.29) is 24.0 Å². The molecule has 8 heteroatoms. The fourth-order valence-corrected chi connectivity index (χ4v) is 3.18. The molecule has 0 saturated carbocycles. The minimum absolute atomic E-state index is 0. The third-order valence-electron chi connectivity index (χ3n) is 4.53. The minimum atomic E-state index is 0. The number of nitrogens with one attached hydrogen (secondary N) is 2. The average molecular weight is 498 g/mol.